The highest BCUT2D eigenvalue weighted by Gasteiger charge is 2.13. The number of nitrogens with zero attached hydrogens (tertiary/aromatic N) is 1. The van der Waals surface area contributed by atoms with E-state index in [1.165, 1.54) is 22.8 Å². The Morgan fingerprint density at radius 3 is 2.85 bits per heavy atom. The Morgan fingerprint density at radius 1 is 1.45 bits per heavy atom. The van der Waals surface area contributed by atoms with E-state index < -0.39 is 11.8 Å². The number of thiazole rings is 1. The highest BCUT2D eigenvalue weighted by molar-refractivity contribution is 7.07. The zero-order chi connectivity index (χ0) is 14.7. The van der Waals surface area contributed by atoms with Crippen LogP contribution in [0.2, 0.25) is 5.02 Å². The Kier molecular flexibility index (Phi) is 4.57. The van der Waals surface area contributed by atoms with Gasteiger partial charge in [-0.15, -0.1) is 0 Å². The molecule has 0 unspecified atom stereocenters. The van der Waals surface area contributed by atoms with Crippen molar-refractivity contribution < 1.29 is 14.3 Å². The number of hydrogen-bond donors (Lipinski definition) is 1. The molecule has 0 spiro atoms. The van der Waals surface area contributed by atoms with Crippen LogP contribution in [0.25, 0.3) is 11.3 Å². The number of halogens is 2. The second-order valence-corrected chi connectivity index (χ2v) is 5.39. The van der Waals surface area contributed by atoms with Crippen molar-refractivity contribution in [1.29, 1.82) is 0 Å². The summed E-state index contributed by atoms with van der Waals surface area (Å²) in [6.07, 6.45) is 0.330. The minimum atomic E-state index is -0.908. The van der Waals surface area contributed by atoms with Crippen LogP contribution < -0.4 is 4.87 Å². The van der Waals surface area contributed by atoms with E-state index in [-0.39, 0.29) is 22.9 Å². The largest absolute Gasteiger partial charge is 0.481 e. The van der Waals surface area contributed by atoms with Gasteiger partial charge in [-0.1, -0.05) is 22.9 Å². The molecule has 20 heavy (non-hydrogen) atoms. The molecule has 0 saturated heterocycles. The molecule has 0 fully saturated rings. The van der Waals surface area contributed by atoms with Crippen molar-refractivity contribution in [2.45, 2.75) is 19.4 Å². The smallest absolute Gasteiger partial charge is 0.307 e. The Morgan fingerprint density at radius 2 is 2.20 bits per heavy atom. The number of carboxylic acids is 1. The van der Waals surface area contributed by atoms with Crippen molar-refractivity contribution in [3.05, 3.63) is 44.1 Å². The quantitative estimate of drug-likeness (QED) is 0.921. The first-order valence-electron chi connectivity index (χ1n) is 5.84. The van der Waals surface area contributed by atoms with Gasteiger partial charge in [0.05, 0.1) is 10.7 Å². The van der Waals surface area contributed by atoms with Crippen LogP contribution in [0.5, 0.6) is 0 Å². The van der Waals surface area contributed by atoms with Gasteiger partial charge in [-0.2, -0.15) is 0 Å². The van der Waals surface area contributed by atoms with E-state index >= 15 is 0 Å². The lowest BCUT2D eigenvalue weighted by Gasteiger charge is -2.08. The van der Waals surface area contributed by atoms with Gasteiger partial charge in [0.1, 0.15) is 5.82 Å². The summed E-state index contributed by atoms with van der Waals surface area (Å²) in [5, 5.41) is 10.5. The fraction of sp³-hybridized carbons (Fsp3) is 0.231. The van der Waals surface area contributed by atoms with Gasteiger partial charge >= 0.3 is 10.8 Å². The van der Waals surface area contributed by atoms with Gasteiger partial charge in [0.25, 0.3) is 0 Å². The van der Waals surface area contributed by atoms with Crippen LogP contribution in [0.1, 0.15) is 12.8 Å². The van der Waals surface area contributed by atoms with E-state index in [9.17, 15) is 14.0 Å². The molecule has 106 valence electrons. The third kappa shape index (κ3) is 3.26. The summed E-state index contributed by atoms with van der Waals surface area (Å²) < 4.78 is 14.5. The Hall–Kier alpha value is -1.66. The van der Waals surface area contributed by atoms with Crippen LogP contribution in [-0.4, -0.2) is 15.6 Å². The number of aromatic nitrogens is 1. The molecule has 0 aliphatic heterocycles. The SMILES string of the molecule is O=C(O)CCCn1c(-c2ccc(F)cc2Cl)csc1=O. The first-order chi connectivity index (χ1) is 9.49. The van der Waals surface area contributed by atoms with Crippen molar-refractivity contribution in [2.24, 2.45) is 0 Å². The Bertz CT molecular complexity index is 695. The lowest BCUT2D eigenvalue weighted by atomic mass is 10.1. The minimum Gasteiger partial charge on any atom is -0.481 e. The van der Waals surface area contributed by atoms with Crippen molar-refractivity contribution in [3.63, 3.8) is 0 Å². The molecule has 4 nitrogen and oxygen atoms in total. The van der Waals surface area contributed by atoms with Gasteiger partial charge in [-0.25, -0.2) is 4.39 Å². The van der Waals surface area contributed by atoms with Crippen molar-refractivity contribution >= 4 is 28.9 Å². The topological polar surface area (TPSA) is 59.3 Å². The Labute approximate surface area is 123 Å². The van der Waals surface area contributed by atoms with Crippen LogP contribution >= 0.6 is 22.9 Å². The van der Waals surface area contributed by atoms with Gasteiger partial charge in [-0.05, 0) is 24.6 Å². The van der Waals surface area contributed by atoms with E-state index in [1.807, 2.05) is 0 Å². The van der Waals surface area contributed by atoms with Crippen LogP contribution in [0.4, 0.5) is 4.39 Å². The van der Waals surface area contributed by atoms with Gasteiger partial charge in [-0.3, -0.25) is 14.2 Å². The maximum absolute atomic E-state index is 13.0. The Balaban J connectivity index is 2.33. The van der Waals surface area contributed by atoms with Gasteiger partial charge in [0, 0.05) is 23.9 Å². The lowest BCUT2D eigenvalue weighted by molar-refractivity contribution is -0.137. The van der Waals surface area contributed by atoms with Crippen molar-refractivity contribution in [2.75, 3.05) is 0 Å². The molecule has 0 aliphatic carbocycles. The minimum absolute atomic E-state index is 0.0150. The van der Waals surface area contributed by atoms with E-state index in [1.54, 1.807) is 5.38 Å². The fourth-order valence-electron chi connectivity index (χ4n) is 1.84. The van der Waals surface area contributed by atoms with Crippen LogP contribution in [0.15, 0.2) is 28.4 Å². The van der Waals surface area contributed by atoms with Crippen LogP contribution in [0, 0.1) is 5.82 Å². The molecule has 0 saturated carbocycles. The van der Waals surface area contributed by atoms with Crippen molar-refractivity contribution in [3.8, 4) is 11.3 Å². The first kappa shape index (κ1) is 14.7. The van der Waals surface area contributed by atoms with Crippen LogP contribution in [0.3, 0.4) is 0 Å². The predicted octanol–water partition coefficient (Wildman–Crippen LogP) is 3.23. The summed E-state index contributed by atoms with van der Waals surface area (Å²) in [5.74, 6) is -1.36. The van der Waals surface area contributed by atoms with Gasteiger partial charge in [0.2, 0.25) is 0 Å². The first-order valence-corrected chi connectivity index (χ1v) is 7.10. The summed E-state index contributed by atoms with van der Waals surface area (Å²) in [7, 11) is 0. The van der Waals surface area contributed by atoms with E-state index in [0.29, 0.717) is 17.7 Å². The number of rotatable bonds is 5. The number of carboxylic acid groups (broad SMARTS) is 1. The molecular formula is C13H11ClFNO3S. The van der Waals surface area contributed by atoms with Crippen molar-refractivity contribution in [1.82, 2.24) is 4.57 Å². The second-order valence-electron chi connectivity index (χ2n) is 4.16. The average Bonchev–Trinajstić information content (AvgIpc) is 2.71. The molecule has 0 atom stereocenters. The number of benzene rings is 1. The predicted molar refractivity (Wildman–Crippen MR) is 75.9 cm³/mol. The molecule has 0 radical (unpaired) electrons. The highest BCUT2D eigenvalue weighted by Crippen LogP contribution is 2.29. The summed E-state index contributed by atoms with van der Waals surface area (Å²) in [6.45, 7) is 0.289. The summed E-state index contributed by atoms with van der Waals surface area (Å²) in [5.41, 5.74) is 1.14. The van der Waals surface area contributed by atoms with Gasteiger partial charge in [0.15, 0.2) is 0 Å². The lowest BCUT2D eigenvalue weighted by Crippen LogP contribution is -2.15. The molecule has 0 amide bonds. The molecule has 0 aliphatic rings. The number of hydrogen-bond acceptors (Lipinski definition) is 3. The molecular weight excluding hydrogens is 305 g/mol. The number of aliphatic carboxylic acids is 1. The summed E-state index contributed by atoms with van der Waals surface area (Å²) in [6, 6.07) is 3.96. The molecule has 1 heterocycles. The van der Waals surface area contributed by atoms with Crippen LogP contribution in [-0.2, 0) is 11.3 Å². The average molecular weight is 316 g/mol. The molecule has 2 rings (SSSR count). The molecule has 1 N–H and O–H groups in total. The summed E-state index contributed by atoms with van der Waals surface area (Å²) in [4.78, 5) is 22.1. The molecule has 1 aromatic carbocycles. The molecule has 1 aromatic heterocycles. The number of carbonyl (C=O) groups is 1. The maximum atomic E-state index is 13.0. The third-order valence-electron chi connectivity index (χ3n) is 2.76. The van der Waals surface area contributed by atoms with E-state index in [2.05, 4.69) is 0 Å². The highest BCUT2D eigenvalue weighted by atomic mass is 35.5. The zero-order valence-corrected chi connectivity index (χ0v) is 11.9. The fourth-order valence-corrected chi connectivity index (χ4v) is 2.89. The molecule has 2 aromatic rings. The van der Waals surface area contributed by atoms with E-state index in [0.717, 1.165) is 11.3 Å². The second kappa shape index (κ2) is 6.19. The molecule has 0 bridgehead atoms. The maximum Gasteiger partial charge on any atom is 0.307 e. The summed E-state index contributed by atoms with van der Waals surface area (Å²) >= 11 is 6.99. The third-order valence-corrected chi connectivity index (χ3v) is 3.84. The normalized spacial score (nSPS) is 10.7. The standard InChI is InChI=1S/C13H11ClFNO3S/c14-10-6-8(15)3-4-9(10)11-7-20-13(19)16(11)5-1-2-12(17)18/h3-4,6-7H,1-2,5H2,(H,17,18). The zero-order valence-electron chi connectivity index (χ0n) is 10.3. The van der Waals surface area contributed by atoms with E-state index in [4.69, 9.17) is 16.7 Å². The van der Waals surface area contributed by atoms with Gasteiger partial charge < -0.3 is 5.11 Å². The molecule has 7 heteroatoms. The monoisotopic (exact) mass is 315 g/mol.